The second kappa shape index (κ2) is 6.81. The number of fused-ring (bicyclic) bond motifs is 1. The summed E-state index contributed by atoms with van der Waals surface area (Å²) in [5.74, 6) is 1.49. The highest BCUT2D eigenvalue weighted by Gasteiger charge is 2.24. The lowest BCUT2D eigenvalue weighted by atomic mass is 9.97. The van der Waals surface area contributed by atoms with Gasteiger partial charge in [0.05, 0.1) is 12.2 Å². The monoisotopic (exact) mass is 354 g/mol. The smallest absolute Gasteiger partial charge is 0.232 e. The fraction of sp³-hybridized carbons (Fsp3) is 0.526. The Balaban J connectivity index is 1.30. The van der Waals surface area contributed by atoms with Crippen molar-refractivity contribution in [3.8, 4) is 0 Å². The Morgan fingerprint density at radius 2 is 1.73 bits per heavy atom. The van der Waals surface area contributed by atoms with Crippen LogP contribution in [0, 0.1) is 0 Å². The summed E-state index contributed by atoms with van der Waals surface area (Å²) in [5.41, 5.74) is 2.03. The standard InChI is InChI=1S/C19H26N6O/c1-19(2,3)18-21-16(22-26-18)14-24-10-8-23(9-11-24)12-15-13-25-7-5-4-6-17(25)20-15/h4-7,13H,8-12,14H2,1-3H3. The molecule has 26 heavy (non-hydrogen) atoms. The molecule has 3 aromatic heterocycles. The van der Waals surface area contributed by atoms with Crippen molar-refractivity contribution in [3.63, 3.8) is 0 Å². The Morgan fingerprint density at radius 1 is 1.00 bits per heavy atom. The van der Waals surface area contributed by atoms with Crippen LogP contribution in [0.4, 0.5) is 0 Å². The fourth-order valence-electron chi connectivity index (χ4n) is 3.22. The summed E-state index contributed by atoms with van der Waals surface area (Å²) in [6, 6.07) is 6.09. The van der Waals surface area contributed by atoms with E-state index in [1.54, 1.807) is 0 Å². The Labute approximate surface area is 153 Å². The largest absolute Gasteiger partial charge is 0.339 e. The van der Waals surface area contributed by atoms with Gasteiger partial charge in [0.15, 0.2) is 5.82 Å². The summed E-state index contributed by atoms with van der Waals surface area (Å²) in [6.45, 7) is 12.0. The molecule has 0 aliphatic carbocycles. The van der Waals surface area contributed by atoms with E-state index in [0.29, 0.717) is 5.89 Å². The highest BCUT2D eigenvalue weighted by atomic mass is 16.5. The number of hydrogen-bond donors (Lipinski definition) is 0. The Morgan fingerprint density at radius 3 is 2.38 bits per heavy atom. The summed E-state index contributed by atoms with van der Waals surface area (Å²) in [4.78, 5) is 14.1. The van der Waals surface area contributed by atoms with Gasteiger partial charge < -0.3 is 8.92 Å². The molecule has 0 aromatic carbocycles. The van der Waals surface area contributed by atoms with E-state index in [0.717, 1.165) is 56.4 Å². The summed E-state index contributed by atoms with van der Waals surface area (Å²) in [7, 11) is 0. The van der Waals surface area contributed by atoms with Gasteiger partial charge in [-0.3, -0.25) is 9.80 Å². The summed E-state index contributed by atoms with van der Waals surface area (Å²) < 4.78 is 7.47. The maximum atomic E-state index is 5.39. The third kappa shape index (κ3) is 3.78. The van der Waals surface area contributed by atoms with Gasteiger partial charge in [-0.1, -0.05) is 32.0 Å². The van der Waals surface area contributed by atoms with Crippen molar-refractivity contribution >= 4 is 5.65 Å². The first-order valence-electron chi connectivity index (χ1n) is 9.18. The van der Waals surface area contributed by atoms with E-state index in [2.05, 4.69) is 51.3 Å². The van der Waals surface area contributed by atoms with Crippen molar-refractivity contribution in [2.75, 3.05) is 26.2 Å². The number of aromatic nitrogens is 4. The topological polar surface area (TPSA) is 62.7 Å². The third-order valence-electron chi connectivity index (χ3n) is 4.74. The number of imidazole rings is 1. The molecular formula is C19H26N6O. The minimum atomic E-state index is -0.0992. The molecule has 4 rings (SSSR count). The zero-order chi connectivity index (χ0) is 18.1. The first-order valence-corrected chi connectivity index (χ1v) is 9.18. The number of rotatable bonds is 4. The van der Waals surface area contributed by atoms with Crippen LogP contribution in [0.1, 0.15) is 38.2 Å². The Bertz CT molecular complexity index is 836. The zero-order valence-corrected chi connectivity index (χ0v) is 15.7. The quantitative estimate of drug-likeness (QED) is 0.717. The molecule has 4 heterocycles. The van der Waals surface area contributed by atoms with Crippen LogP contribution in [-0.4, -0.2) is 55.5 Å². The van der Waals surface area contributed by atoms with Crippen molar-refractivity contribution in [1.82, 2.24) is 29.3 Å². The molecular weight excluding hydrogens is 328 g/mol. The van der Waals surface area contributed by atoms with Crippen molar-refractivity contribution in [2.45, 2.75) is 39.3 Å². The van der Waals surface area contributed by atoms with Crippen molar-refractivity contribution < 1.29 is 4.52 Å². The molecule has 3 aromatic rings. The molecule has 0 N–H and O–H groups in total. The first kappa shape index (κ1) is 17.2. The molecule has 0 atom stereocenters. The van der Waals surface area contributed by atoms with E-state index in [1.165, 1.54) is 0 Å². The molecule has 1 aliphatic heterocycles. The van der Waals surface area contributed by atoms with Crippen LogP contribution in [0.5, 0.6) is 0 Å². The third-order valence-corrected chi connectivity index (χ3v) is 4.74. The molecule has 1 saturated heterocycles. The molecule has 0 bridgehead atoms. The Kier molecular flexibility index (Phi) is 4.50. The van der Waals surface area contributed by atoms with Crippen LogP contribution in [0.2, 0.25) is 0 Å². The lowest BCUT2D eigenvalue weighted by molar-refractivity contribution is 0.118. The van der Waals surface area contributed by atoms with Gasteiger partial charge in [-0.2, -0.15) is 4.98 Å². The van der Waals surface area contributed by atoms with Crippen LogP contribution in [-0.2, 0) is 18.5 Å². The molecule has 1 fully saturated rings. The Hall–Kier alpha value is -2.25. The minimum Gasteiger partial charge on any atom is -0.339 e. The van der Waals surface area contributed by atoms with E-state index < -0.39 is 0 Å². The zero-order valence-electron chi connectivity index (χ0n) is 15.7. The maximum Gasteiger partial charge on any atom is 0.232 e. The minimum absolute atomic E-state index is 0.0992. The molecule has 7 nitrogen and oxygen atoms in total. The van der Waals surface area contributed by atoms with Gasteiger partial charge in [0.2, 0.25) is 5.89 Å². The predicted molar refractivity (Wildman–Crippen MR) is 98.7 cm³/mol. The van der Waals surface area contributed by atoms with E-state index in [1.807, 2.05) is 24.4 Å². The van der Waals surface area contributed by atoms with Gasteiger partial charge in [-0.15, -0.1) is 0 Å². The fourth-order valence-corrected chi connectivity index (χ4v) is 3.22. The summed E-state index contributed by atoms with van der Waals surface area (Å²) in [6.07, 6.45) is 4.16. The van der Waals surface area contributed by atoms with Crippen molar-refractivity contribution in [1.29, 1.82) is 0 Å². The normalized spacial score (nSPS) is 17.2. The number of piperazine rings is 1. The van der Waals surface area contributed by atoms with Gasteiger partial charge in [-0.05, 0) is 12.1 Å². The van der Waals surface area contributed by atoms with Crippen LogP contribution in [0.25, 0.3) is 5.65 Å². The summed E-state index contributed by atoms with van der Waals surface area (Å²) in [5, 5.41) is 4.13. The SMILES string of the molecule is CC(C)(C)c1nc(CN2CCN(Cc3cn4ccccc4n3)CC2)no1. The highest BCUT2D eigenvalue weighted by Crippen LogP contribution is 2.20. The molecule has 0 spiro atoms. The van der Waals surface area contributed by atoms with Crippen LogP contribution in [0.15, 0.2) is 35.1 Å². The molecule has 0 radical (unpaired) electrons. The summed E-state index contributed by atoms with van der Waals surface area (Å²) >= 11 is 0. The molecule has 1 aliphatic rings. The van der Waals surface area contributed by atoms with Gasteiger partial charge in [0.1, 0.15) is 5.65 Å². The lowest BCUT2D eigenvalue weighted by Gasteiger charge is -2.33. The van der Waals surface area contributed by atoms with Gasteiger partial charge in [-0.25, -0.2) is 4.98 Å². The van der Waals surface area contributed by atoms with Crippen molar-refractivity contribution in [2.24, 2.45) is 0 Å². The number of nitrogens with zero attached hydrogens (tertiary/aromatic N) is 6. The average Bonchev–Trinajstić information content (AvgIpc) is 3.22. The molecule has 0 saturated carbocycles. The molecule has 0 unspecified atom stereocenters. The molecule has 138 valence electrons. The average molecular weight is 354 g/mol. The van der Waals surface area contributed by atoms with Crippen LogP contribution < -0.4 is 0 Å². The van der Waals surface area contributed by atoms with Gasteiger partial charge >= 0.3 is 0 Å². The molecule has 7 heteroatoms. The van der Waals surface area contributed by atoms with E-state index in [-0.39, 0.29) is 5.41 Å². The van der Waals surface area contributed by atoms with E-state index in [9.17, 15) is 0 Å². The molecule has 0 amide bonds. The van der Waals surface area contributed by atoms with E-state index in [4.69, 9.17) is 9.51 Å². The predicted octanol–water partition coefficient (Wildman–Crippen LogP) is 2.33. The first-order chi connectivity index (χ1) is 12.5. The maximum absolute atomic E-state index is 5.39. The second-order valence-electron chi connectivity index (χ2n) is 8.02. The van der Waals surface area contributed by atoms with E-state index >= 15 is 0 Å². The second-order valence-corrected chi connectivity index (χ2v) is 8.02. The van der Waals surface area contributed by atoms with Crippen LogP contribution >= 0.6 is 0 Å². The lowest BCUT2D eigenvalue weighted by Crippen LogP contribution is -2.45. The highest BCUT2D eigenvalue weighted by molar-refractivity contribution is 5.39. The van der Waals surface area contributed by atoms with Gasteiger partial charge in [0.25, 0.3) is 0 Å². The van der Waals surface area contributed by atoms with Crippen molar-refractivity contribution in [3.05, 3.63) is 48.0 Å². The van der Waals surface area contributed by atoms with Crippen LogP contribution in [0.3, 0.4) is 0 Å². The number of pyridine rings is 1. The van der Waals surface area contributed by atoms with Gasteiger partial charge in [0, 0.05) is 50.5 Å². The number of hydrogen-bond acceptors (Lipinski definition) is 6.